The Hall–Kier alpha value is -4.18. The number of morpholine rings is 1. The highest BCUT2D eigenvalue weighted by atomic mass is 19.4. The van der Waals surface area contributed by atoms with E-state index in [2.05, 4.69) is 9.72 Å². The summed E-state index contributed by atoms with van der Waals surface area (Å²) >= 11 is 0. The quantitative estimate of drug-likeness (QED) is 0.336. The van der Waals surface area contributed by atoms with Crippen molar-refractivity contribution >= 4 is 17.0 Å². The maximum atomic E-state index is 12.9. The number of carbonyl (C=O) groups excluding carboxylic acids is 1. The maximum Gasteiger partial charge on any atom is 0.573 e. The van der Waals surface area contributed by atoms with Crippen LogP contribution in [0.25, 0.3) is 33.4 Å². The molecule has 1 fully saturated rings. The monoisotopic (exact) mass is 509 g/mol. The highest BCUT2D eigenvalue weighted by Gasteiger charge is 2.31. The van der Waals surface area contributed by atoms with Gasteiger partial charge in [-0.3, -0.25) is 4.98 Å². The van der Waals surface area contributed by atoms with Crippen molar-refractivity contribution in [1.82, 2.24) is 14.9 Å². The van der Waals surface area contributed by atoms with Crippen LogP contribution in [0.4, 0.5) is 18.0 Å². The van der Waals surface area contributed by atoms with Crippen molar-refractivity contribution in [1.29, 1.82) is 0 Å². The lowest BCUT2D eigenvalue weighted by Crippen LogP contribution is -2.42. The number of pyridine rings is 2. The molecule has 0 bridgehead atoms. The van der Waals surface area contributed by atoms with Gasteiger partial charge in [0.15, 0.2) is 0 Å². The lowest BCUT2D eigenvalue weighted by atomic mass is 10.0. The third kappa shape index (κ3) is 5.49. The first-order chi connectivity index (χ1) is 17.8. The van der Waals surface area contributed by atoms with Crippen molar-refractivity contribution in [2.24, 2.45) is 0 Å². The number of benzene rings is 2. The SMILES string of the molecule is Cc1c(-c2ccc(-c3ccc(OC(F)(F)F)cc3)nc2)nc2ccccc2c1OC(=O)N1CCOCC1. The van der Waals surface area contributed by atoms with Gasteiger partial charge in [0.2, 0.25) is 0 Å². The molecule has 0 N–H and O–H groups in total. The van der Waals surface area contributed by atoms with E-state index < -0.39 is 12.5 Å². The summed E-state index contributed by atoms with van der Waals surface area (Å²) in [7, 11) is 0. The number of nitrogens with zero attached hydrogens (tertiary/aromatic N) is 3. The fourth-order valence-corrected chi connectivity index (χ4v) is 4.12. The van der Waals surface area contributed by atoms with Gasteiger partial charge in [0.05, 0.1) is 30.1 Å². The summed E-state index contributed by atoms with van der Waals surface area (Å²) in [6.07, 6.45) is -3.56. The minimum Gasteiger partial charge on any atom is -0.409 e. The number of hydrogen-bond acceptors (Lipinski definition) is 6. The van der Waals surface area contributed by atoms with Gasteiger partial charge in [0.25, 0.3) is 0 Å². The summed E-state index contributed by atoms with van der Waals surface area (Å²) in [5, 5.41) is 0.719. The highest BCUT2D eigenvalue weighted by molar-refractivity contribution is 5.92. The first-order valence-electron chi connectivity index (χ1n) is 11.5. The number of hydrogen-bond donors (Lipinski definition) is 0. The molecule has 0 atom stereocenters. The van der Waals surface area contributed by atoms with Gasteiger partial charge in [-0.05, 0) is 55.5 Å². The molecule has 0 unspecified atom stereocenters. The fraction of sp³-hybridized carbons (Fsp3) is 0.222. The van der Waals surface area contributed by atoms with Crippen molar-refractivity contribution < 1.29 is 32.2 Å². The lowest BCUT2D eigenvalue weighted by Gasteiger charge is -2.26. The Labute approximate surface area is 210 Å². The molecule has 2 aromatic heterocycles. The standard InChI is InChI=1S/C27H22F3N3O4/c1-17-24(19-8-11-22(31-16-19)18-6-9-20(10-7-18)37-27(28,29)30)32-23-5-3-2-4-21(23)25(17)36-26(34)33-12-14-35-15-13-33/h2-11,16H,12-15H2,1H3. The Morgan fingerprint density at radius 2 is 1.68 bits per heavy atom. The molecule has 1 saturated heterocycles. The van der Waals surface area contributed by atoms with Crippen molar-refractivity contribution in [3.05, 3.63) is 72.4 Å². The molecule has 37 heavy (non-hydrogen) atoms. The molecule has 7 nitrogen and oxygen atoms in total. The zero-order chi connectivity index (χ0) is 26.0. The van der Waals surface area contributed by atoms with Gasteiger partial charge >= 0.3 is 12.5 Å². The van der Waals surface area contributed by atoms with E-state index in [1.54, 1.807) is 17.2 Å². The predicted molar refractivity (Wildman–Crippen MR) is 130 cm³/mol. The number of rotatable bonds is 4. The van der Waals surface area contributed by atoms with Crippen LogP contribution in [0.5, 0.6) is 11.5 Å². The minimum atomic E-state index is -4.75. The van der Waals surface area contributed by atoms with E-state index in [-0.39, 0.29) is 5.75 Å². The number of carbonyl (C=O) groups is 1. The Bertz CT molecular complexity index is 1420. The minimum absolute atomic E-state index is 0.303. The van der Waals surface area contributed by atoms with Crippen LogP contribution in [-0.2, 0) is 4.74 Å². The van der Waals surface area contributed by atoms with Crippen LogP contribution in [0.1, 0.15) is 5.56 Å². The summed E-state index contributed by atoms with van der Waals surface area (Å²) in [4.78, 5) is 23.7. The predicted octanol–water partition coefficient (Wildman–Crippen LogP) is 6.00. The molecular formula is C27H22F3N3O4. The Balaban J connectivity index is 1.45. The Morgan fingerprint density at radius 1 is 0.973 bits per heavy atom. The molecule has 2 aromatic carbocycles. The number of halogens is 3. The van der Waals surface area contributed by atoms with Crippen LogP contribution in [0.3, 0.4) is 0 Å². The molecular weight excluding hydrogens is 487 g/mol. The van der Waals surface area contributed by atoms with Gasteiger partial charge in [-0.25, -0.2) is 9.78 Å². The molecule has 190 valence electrons. The van der Waals surface area contributed by atoms with Gasteiger partial charge in [-0.1, -0.05) is 12.1 Å². The fourth-order valence-electron chi connectivity index (χ4n) is 4.12. The van der Waals surface area contributed by atoms with E-state index in [0.717, 1.165) is 5.39 Å². The molecule has 1 aliphatic heterocycles. The number of para-hydroxylation sites is 1. The van der Waals surface area contributed by atoms with Gasteiger partial charge in [0, 0.05) is 41.4 Å². The largest absolute Gasteiger partial charge is 0.573 e. The Morgan fingerprint density at radius 3 is 2.35 bits per heavy atom. The molecule has 10 heteroatoms. The molecule has 0 saturated carbocycles. The van der Waals surface area contributed by atoms with Crippen molar-refractivity contribution in [3.8, 4) is 34.0 Å². The molecule has 0 aliphatic carbocycles. The normalized spacial score (nSPS) is 14.0. The zero-order valence-electron chi connectivity index (χ0n) is 19.8. The van der Waals surface area contributed by atoms with E-state index in [4.69, 9.17) is 14.5 Å². The number of aromatic nitrogens is 2. The summed E-state index contributed by atoms with van der Waals surface area (Å²) in [5.41, 5.74) is 3.86. The summed E-state index contributed by atoms with van der Waals surface area (Å²) in [5.74, 6) is 0.129. The zero-order valence-corrected chi connectivity index (χ0v) is 19.8. The third-order valence-electron chi connectivity index (χ3n) is 5.96. The summed E-state index contributed by atoms with van der Waals surface area (Å²) < 4.78 is 52.4. The molecule has 4 aromatic rings. The van der Waals surface area contributed by atoms with Crippen LogP contribution in [0, 0.1) is 6.92 Å². The number of ether oxygens (including phenoxy) is 3. The molecule has 1 aliphatic rings. The van der Waals surface area contributed by atoms with Crippen LogP contribution in [0.15, 0.2) is 66.9 Å². The van der Waals surface area contributed by atoms with Crippen molar-refractivity contribution in [2.45, 2.75) is 13.3 Å². The summed E-state index contributed by atoms with van der Waals surface area (Å²) in [6, 6.07) is 16.5. The molecule has 1 amide bonds. The Kier molecular flexibility index (Phi) is 6.66. The first kappa shape index (κ1) is 24.5. The molecule has 5 rings (SSSR count). The number of amides is 1. The van der Waals surface area contributed by atoms with Gasteiger partial charge in [0.1, 0.15) is 11.5 Å². The van der Waals surface area contributed by atoms with Crippen molar-refractivity contribution in [2.75, 3.05) is 26.3 Å². The topological polar surface area (TPSA) is 73.8 Å². The number of fused-ring (bicyclic) bond motifs is 1. The molecule has 0 radical (unpaired) electrons. The lowest BCUT2D eigenvalue weighted by molar-refractivity contribution is -0.274. The van der Waals surface area contributed by atoms with Crippen molar-refractivity contribution in [3.63, 3.8) is 0 Å². The van der Waals surface area contributed by atoms with Gasteiger partial charge in [-0.15, -0.1) is 13.2 Å². The average molecular weight is 509 g/mol. The highest BCUT2D eigenvalue weighted by Crippen LogP contribution is 2.36. The summed E-state index contributed by atoms with van der Waals surface area (Å²) in [6.45, 7) is 3.69. The second kappa shape index (κ2) is 10.1. The molecule has 0 spiro atoms. The van der Waals surface area contributed by atoms with Crippen LogP contribution >= 0.6 is 0 Å². The average Bonchev–Trinajstić information content (AvgIpc) is 2.90. The van der Waals surface area contributed by atoms with E-state index in [0.29, 0.717) is 65.6 Å². The second-order valence-corrected chi connectivity index (χ2v) is 8.40. The van der Waals surface area contributed by atoms with Gasteiger partial charge in [-0.2, -0.15) is 0 Å². The van der Waals surface area contributed by atoms with E-state index >= 15 is 0 Å². The molecule has 3 heterocycles. The third-order valence-corrected chi connectivity index (χ3v) is 5.96. The van der Waals surface area contributed by atoms with E-state index in [9.17, 15) is 18.0 Å². The van der Waals surface area contributed by atoms with Gasteiger partial charge < -0.3 is 19.1 Å². The smallest absolute Gasteiger partial charge is 0.409 e. The van der Waals surface area contributed by atoms with Crippen LogP contribution in [-0.4, -0.2) is 53.6 Å². The number of alkyl halides is 3. The second-order valence-electron chi connectivity index (χ2n) is 8.40. The van der Waals surface area contributed by atoms with E-state index in [1.165, 1.54) is 24.3 Å². The first-order valence-corrected chi connectivity index (χ1v) is 11.5. The van der Waals surface area contributed by atoms with Crippen LogP contribution in [0.2, 0.25) is 0 Å². The van der Waals surface area contributed by atoms with E-state index in [1.807, 2.05) is 37.3 Å². The van der Waals surface area contributed by atoms with Crippen LogP contribution < -0.4 is 9.47 Å². The maximum absolute atomic E-state index is 12.9.